The van der Waals surface area contributed by atoms with Crippen molar-refractivity contribution < 1.29 is 14.3 Å². The second-order valence-electron chi connectivity index (χ2n) is 6.37. The molecular weight excluding hydrogens is 354 g/mol. The Morgan fingerprint density at radius 3 is 2.46 bits per heavy atom. The average molecular weight is 377 g/mol. The zero-order chi connectivity index (χ0) is 20.1. The number of nitrogens with zero attached hydrogens (tertiary/aromatic N) is 1. The lowest BCUT2D eigenvalue weighted by atomic mass is 10.1. The lowest BCUT2D eigenvalue weighted by molar-refractivity contribution is 0.102. The van der Waals surface area contributed by atoms with E-state index < -0.39 is 0 Å². The maximum atomic E-state index is 12.6. The summed E-state index contributed by atoms with van der Waals surface area (Å²) >= 11 is 0. The van der Waals surface area contributed by atoms with Crippen molar-refractivity contribution in [3.63, 3.8) is 0 Å². The topological polar surface area (TPSA) is 72.5 Å². The second-order valence-corrected chi connectivity index (χ2v) is 6.37. The molecule has 0 spiro atoms. The van der Waals surface area contributed by atoms with Gasteiger partial charge in [0.25, 0.3) is 5.91 Å². The predicted octanol–water partition coefficient (Wildman–Crippen LogP) is 4.71. The molecule has 0 fully saturated rings. The Morgan fingerprint density at radius 1 is 0.929 bits per heavy atom. The van der Waals surface area contributed by atoms with Crippen LogP contribution in [0, 0.1) is 13.8 Å². The number of carbonyl (C=O) groups is 1. The van der Waals surface area contributed by atoms with E-state index >= 15 is 0 Å². The zero-order valence-electron chi connectivity index (χ0n) is 16.4. The summed E-state index contributed by atoms with van der Waals surface area (Å²) in [5.41, 5.74) is 4.30. The van der Waals surface area contributed by atoms with Crippen LogP contribution in [0.3, 0.4) is 0 Å². The standard InChI is InChI=1S/C22H23N3O3/c1-14-5-6-17(11-15(14)2)24-22(26)16-9-10-23-21(12-16)25-19-8-7-18(27-3)13-20(19)28-4/h5-13H,1-4H3,(H,23,25)(H,24,26). The first-order valence-electron chi connectivity index (χ1n) is 8.84. The van der Waals surface area contributed by atoms with Crippen LogP contribution in [0.4, 0.5) is 17.2 Å². The van der Waals surface area contributed by atoms with E-state index in [9.17, 15) is 4.79 Å². The SMILES string of the molecule is COc1ccc(Nc2cc(C(=O)Nc3ccc(C)c(C)c3)ccn2)c(OC)c1. The molecule has 0 saturated heterocycles. The number of carbonyl (C=O) groups excluding carboxylic acids is 1. The van der Waals surface area contributed by atoms with Gasteiger partial charge in [-0.15, -0.1) is 0 Å². The van der Waals surface area contributed by atoms with Gasteiger partial charge in [0.15, 0.2) is 0 Å². The first-order valence-corrected chi connectivity index (χ1v) is 8.84. The van der Waals surface area contributed by atoms with E-state index in [0.717, 1.165) is 16.9 Å². The maximum absolute atomic E-state index is 12.6. The van der Waals surface area contributed by atoms with Crippen LogP contribution in [0.1, 0.15) is 21.5 Å². The van der Waals surface area contributed by atoms with Crippen molar-refractivity contribution in [2.24, 2.45) is 0 Å². The Balaban J connectivity index is 1.78. The fourth-order valence-corrected chi connectivity index (χ4v) is 2.70. The molecule has 0 atom stereocenters. The monoisotopic (exact) mass is 377 g/mol. The fraction of sp³-hybridized carbons (Fsp3) is 0.182. The van der Waals surface area contributed by atoms with Gasteiger partial charge in [0.2, 0.25) is 0 Å². The first-order chi connectivity index (χ1) is 13.5. The number of ether oxygens (including phenoxy) is 2. The van der Waals surface area contributed by atoms with Crippen LogP contribution in [0.5, 0.6) is 11.5 Å². The van der Waals surface area contributed by atoms with Crippen molar-refractivity contribution in [1.29, 1.82) is 0 Å². The molecule has 6 nitrogen and oxygen atoms in total. The number of methoxy groups -OCH3 is 2. The summed E-state index contributed by atoms with van der Waals surface area (Å²) in [7, 11) is 3.18. The Morgan fingerprint density at radius 2 is 1.75 bits per heavy atom. The number of rotatable bonds is 6. The van der Waals surface area contributed by atoms with Gasteiger partial charge in [0.05, 0.1) is 19.9 Å². The molecule has 0 aliphatic carbocycles. The number of amides is 1. The normalized spacial score (nSPS) is 10.3. The molecule has 2 aromatic carbocycles. The summed E-state index contributed by atoms with van der Waals surface area (Å²) < 4.78 is 10.6. The third-order valence-corrected chi connectivity index (χ3v) is 4.46. The number of hydrogen-bond donors (Lipinski definition) is 2. The molecule has 1 heterocycles. The van der Waals surface area contributed by atoms with Crippen LogP contribution in [0.25, 0.3) is 0 Å². The lowest BCUT2D eigenvalue weighted by Gasteiger charge is -2.13. The molecule has 0 bridgehead atoms. The van der Waals surface area contributed by atoms with Crippen LogP contribution >= 0.6 is 0 Å². The van der Waals surface area contributed by atoms with Crippen molar-refractivity contribution >= 4 is 23.1 Å². The van der Waals surface area contributed by atoms with E-state index in [1.54, 1.807) is 38.6 Å². The Kier molecular flexibility index (Phi) is 5.79. The number of hydrogen-bond acceptors (Lipinski definition) is 5. The van der Waals surface area contributed by atoms with E-state index in [1.165, 1.54) is 5.56 Å². The zero-order valence-corrected chi connectivity index (χ0v) is 16.4. The summed E-state index contributed by atoms with van der Waals surface area (Å²) in [4.78, 5) is 16.9. The van der Waals surface area contributed by atoms with Crippen molar-refractivity contribution in [3.05, 3.63) is 71.4 Å². The van der Waals surface area contributed by atoms with Gasteiger partial charge < -0.3 is 20.1 Å². The van der Waals surface area contributed by atoms with Gasteiger partial charge in [0.1, 0.15) is 17.3 Å². The number of aromatic nitrogens is 1. The molecule has 1 amide bonds. The number of anilines is 3. The summed E-state index contributed by atoms with van der Waals surface area (Å²) in [6.07, 6.45) is 1.59. The molecule has 28 heavy (non-hydrogen) atoms. The number of pyridine rings is 1. The quantitative estimate of drug-likeness (QED) is 0.651. The van der Waals surface area contributed by atoms with Crippen LogP contribution in [0.2, 0.25) is 0 Å². The molecular formula is C22H23N3O3. The smallest absolute Gasteiger partial charge is 0.255 e. The van der Waals surface area contributed by atoms with Gasteiger partial charge in [-0.2, -0.15) is 0 Å². The molecule has 0 saturated carbocycles. The van der Waals surface area contributed by atoms with Crippen molar-refractivity contribution in [2.75, 3.05) is 24.9 Å². The van der Waals surface area contributed by atoms with Gasteiger partial charge in [-0.1, -0.05) is 6.07 Å². The number of benzene rings is 2. The largest absolute Gasteiger partial charge is 0.497 e. The minimum Gasteiger partial charge on any atom is -0.497 e. The number of nitrogens with one attached hydrogen (secondary N) is 2. The second kappa shape index (κ2) is 8.43. The van der Waals surface area contributed by atoms with Crippen LogP contribution in [-0.2, 0) is 0 Å². The van der Waals surface area contributed by atoms with Gasteiger partial charge in [-0.3, -0.25) is 4.79 Å². The highest BCUT2D eigenvalue weighted by Crippen LogP contribution is 2.31. The maximum Gasteiger partial charge on any atom is 0.255 e. The third kappa shape index (κ3) is 4.40. The molecule has 0 aliphatic rings. The van der Waals surface area contributed by atoms with E-state index in [2.05, 4.69) is 15.6 Å². The van der Waals surface area contributed by atoms with Crippen molar-refractivity contribution in [3.8, 4) is 11.5 Å². The molecule has 2 N–H and O–H groups in total. The summed E-state index contributed by atoms with van der Waals surface area (Å²) in [6, 6.07) is 14.6. The van der Waals surface area contributed by atoms with Gasteiger partial charge in [-0.25, -0.2) is 4.98 Å². The highest BCUT2D eigenvalue weighted by molar-refractivity contribution is 6.04. The summed E-state index contributed by atoms with van der Waals surface area (Å²) in [5.74, 6) is 1.65. The van der Waals surface area contributed by atoms with E-state index in [4.69, 9.17) is 9.47 Å². The fourth-order valence-electron chi connectivity index (χ4n) is 2.70. The summed E-state index contributed by atoms with van der Waals surface area (Å²) in [5, 5.41) is 6.10. The van der Waals surface area contributed by atoms with Gasteiger partial charge >= 0.3 is 0 Å². The molecule has 0 aliphatic heterocycles. The van der Waals surface area contributed by atoms with Crippen molar-refractivity contribution in [2.45, 2.75) is 13.8 Å². The van der Waals surface area contributed by atoms with Crippen LogP contribution in [0.15, 0.2) is 54.7 Å². The third-order valence-electron chi connectivity index (χ3n) is 4.46. The summed E-state index contributed by atoms with van der Waals surface area (Å²) in [6.45, 7) is 4.05. The van der Waals surface area contributed by atoms with Crippen LogP contribution in [-0.4, -0.2) is 25.1 Å². The molecule has 3 rings (SSSR count). The minimum atomic E-state index is -0.199. The van der Waals surface area contributed by atoms with E-state index in [1.807, 2.05) is 44.2 Å². The van der Waals surface area contributed by atoms with Crippen molar-refractivity contribution in [1.82, 2.24) is 4.98 Å². The predicted molar refractivity (Wildman–Crippen MR) is 111 cm³/mol. The van der Waals surface area contributed by atoms with E-state index in [0.29, 0.717) is 22.9 Å². The highest BCUT2D eigenvalue weighted by Gasteiger charge is 2.10. The molecule has 0 radical (unpaired) electrons. The molecule has 6 heteroatoms. The van der Waals surface area contributed by atoms with Gasteiger partial charge in [0, 0.05) is 23.5 Å². The molecule has 0 unspecified atom stereocenters. The Labute approximate surface area is 164 Å². The minimum absolute atomic E-state index is 0.199. The average Bonchev–Trinajstić information content (AvgIpc) is 2.71. The highest BCUT2D eigenvalue weighted by atomic mass is 16.5. The molecule has 3 aromatic rings. The first kappa shape index (κ1) is 19.2. The van der Waals surface area contributed by atoms with E-state index in [-0.39, 0.29) is 5.91 Å². The van der Waals surface area contributed by atoms with Crippen LogP contribution < -0.4 is 20.1 Å². The molecule has 1 aromatic heterocycles. The van der Waals surface area contributed by atoms with Gasteiger partial charge in [-0.05, 0) is 61.4 Å². The Hall–Kier alpha value is -3.54. The molecule has 144 valence electrons. The Bertz CT molecular complexity index is 1000. The lowest BCUT2D eigenvalue weighted by Crippen LogP contribution is -2.12. The number of aryl methyl sites for hydroxylation is 2.